The van der Waals surface area contributed by atoms with Crippen molar-refractivity contribution in [1.29, 1.82) is 0 Å². The molecule has 3 rings (SSSR count). The van der Waals surface area contributed by atoms with Gasteiger partial charge in [0.05, 0.1) is 17.7 Å². The Morgan fingerprint density at radius 2 is 1.62 bits per heavy atom. The van der Waals surface area contributed by atoms with E-state index in [1.54, 1.807) is 13.8 Å². The highest BCUT2D eigenvalue weighted by molar-refractivity contribution is 9.10. The largest absolute Gasteiger partial charge is 0.272 e. The molecule has 3 aromatic carbocycles. The summed E-state index contributed by atoms with van der Waals surface area (Å²) in [6.07, 6.45) is 2.00. The summed E-state index contributed by atoms with van der Waals surface area (Å²) in [6.45, 7) is 5.33. The van der Waals surface area contributed by atoms with E-state index in [-0.39, 0.29) is 18.0 Å². The lowest BCUT2D eigenvalue weighted by molar-refractivity contribution is -0.121. The van der Waals surface area contributed by atoms with E-state index < -0.39 is 15.9 Å². The minimum Gasteiger partial charge on any atom is -0.272 e. The number of aryl methyl sites for hydroxylation is 3. The predicted molar refractivity (Wildman–Crippen MR) is 139 cm³/mol. The second-order valence-electron chi connectivity index (χ2n) is 8.15. The van der Waals surface area contributed by atoms with Crippen molar-refractivity contribution in [3.05, 3.63) is 99.0 Å². The third-order valence-corrected chi connectivity index (χ3v) is 7.97. The third kappa shape index (κ3) is 6.85. The fourth-order valence-corrected chi connectivity index (χ4v) is 5.88. The average Bonchev–Trinajstić information content (AvgIpc) is 2.77. The van der Waals surface area contributed by atoms with Crippen LogP contribution in [0.4, 0.5) is 0 Å². The molecule has 0 aliphatic carbocycles. The summed E-state index contributed by atoms with van der Waals surface area (Å²) in [6, 6.07) is 20.7. The third-order valence-electron chi connectivity index (χ3n) is 5.29. The quantitative estimate of drug-likeness (QED) is 0.313. The van der Waals surface area contributed by atoms with Crippen LogP contribution < -0.4 is 5.43 Å². The van der Waals surface area contributed by atoms with Gasteiger partial charge in [-0.2, -0.15) is 9.41 Å². The number of sulfonamides is 1. The zero-order valence-corrected chi connectivity index (χ0v) is 21.9. The molecule has 0 radical (unpaired) electrons. The molecule has 0 fully saturated rings. The van der Waals surface area contributed by atoms with Gasteiger partial charge in [0.25, 0.3) is 5.91 Å². The summed E-state index contributed by atoms with van der Waals surface area (Å²) >= 11 is 3.37. The lowest BCUT2D eigenvalue weighted by Crippen LogP contribution is -2.41. The molecule has 178 valence electrons. The van der Waals surface area contributed by atoms with Crippen molar-refractivity contribution < 1.29 is 13.2 Å². The SMILES string of the molecule is Cc1cc(C)c(S(=O)(=O)N(CCc2ccccc2)CC(=O)N/N=C/c2ccc(Br)cc2)c(C)c1. The lowest BCUT2D eigenvalue weighted by atomic mass is 10.1. The number of hydrogen-bond donors (Lipinski definition) is 1. The van der Waals surface area contributed by atoms with Gasteiger partial charge < -0.3 is 0 Å². The molecule has 0 aliphatic rings. The molecular formula is C26H28BrN3O3S. The van der Waals surface area contributed by atoms with E-state index in [4.69, 9.17) is 0 Å². The number of hydrazone groups is 1. The zero-order chi connectivity index (χ0) is 24.7. The standard InChI is InChI=1S/C26H28BrN3O3S/c1-19-15-20(2)26(21(3)16-19)34(32,33)30(14-13-22-7-5-4-6-8-22)18-25(31)29-28-17-23-9-11-24(27)12-10-23/h4-12,15-17H,13-14,18H2,1-3H3,(H,29,31)/b28-17+. The van der Waals surface area contributed by atoms with E-state index >= 15 is 0 Å². The summed E-state index contributed by atoms with van der Waals surface area (Å²) in [5.74, 6) is -0.507. The zero-order valence-electron chi connectivity index (χ0n) is 19.5. The van der Waals surface area contributed by atoms with Crippen LogP contribution in [0.25, 0.3) is 0 Å². The number of carbonyl (C=O) groups excluding carboxylic acids is 1. The van der Waals surface area contributed by atoms with Gasteiger partial charge in [0.2, 0.25) is 10.0 Å². The summed E-state index contributed by atoms with van der Waals surface area (Å²) < 4.78 is 29.5. The first kappa shape index (κ1) is 25.8. The van der Waals surface area contributed by atoms with E-state index in [1.807, 2.05) is 73.7 Å². The molecule has 34 heavy (non-hydrogen) atoms. The van der Waals surface area contributed by atoms with Gasteiger partial charge in [-0.05, 0) is 61.6 Å². The molecule has 0 heterocycles. The Labute approximate surface area is 209 Å². The highest BCUT2D eigenvalue weighted by Gasteiger charge is 2.29. The van der Waals surface area contributed by atoms with E-state index in [2.05, 4.69) is 26.5 Å². The lowest BCUT2D eigenvalue weighted by Gasteiger charge is -2.24. The van der Waals surface area contributed by atoms with Crippen LogP contribution >= 0.6 is 15.9 Å². The number of nitrogens with one attached hydrogen (secondary N) is 1. The Balaban J connectivity index is 1.81. The molecular weight excluding hydrogens is 514 g/mol. The van der Waals surface area contributed by atoms with E-state index in [1.165, 1.54) is 10.5 Å². The second kappa shape index (κ2) is 11.6. The maximum absolute atomic E-state index is 13.7. The van der Waals surface area contributed by atoms with Crippen molar-refractivity contribution in [2.24, 2.45) is 5.10 Å². The van der Waals surface area contributed by atoms with Crippen molar-refractivity contribution in [2.75, 3.05) is 13.1 Å². The van der Waals surface area contributed by atoms with Gasteiger partial charge in [0, 0.05) is 11.0 Å². The number of carbonyl (C=O) groups is 1. The molecule has 0 aromatic heterocycles. The topological polar surface area (TPSA) is 78.8 Å². The molecule has 1 amide bonds. The van der Waals surface area contributed by atoms with Gasteiger partial charge in [0.15, 0.2) is 0 Å². The smallest absolute Gasteiger partial charge is 0.255 e. The summed E-state index contributed by atoms with van der Waals surface area (Å²) in [7, 11) is -3.91. The van der Waals surface area contributed by atoms with Crippen LogP contribution in [-0.2, 0) is 21.2 Å². The Morgan fingerprint density at radius 1 is 1.00 bits per heavy atom. The highest BCUT2D eigenvalue weighted by atomic mass is 79.9. The first-order valence-corrected chi connectivity index (χ1v) is 13.1. The van der Waals surface area contributed by atoms with Gasteiger partial charge in [-0.15, -0.1) is 0 Å². The van der Waals surface area contributed by atoms with Crippen LogP contribution in [0.2, 0.25) is 0 Å². The molecule has 0 bridgehead atoms. The van der Waals surface area contributed by atoms with E-state index in [0.717, 1.165) is 21.2 Å². The van der Waals surface area contributed by atoms with Gasteiger partial charge in [0.1, 0.15) is 0 Å². The van der Waals surface area contributed by atoms with Crippen LogP contribution in [0.1, 0.15) is 27.8 Å². The fraction of sp³-hybridized carbons (Fsp3) is 0.231. The first-order valence-electron chi connectivity index (χ1n) is 10.9. The van der Waals surface area contributed by atoms with Gasteiger partial charge in [-0.1, -0.05) is 76.1 Å². The number of halogens is 1. The van der Waals surface area contributed by atoms with Crippen LogP contribution in [0.3, 0.4) is 0 Å². The number of benzene rings is 3. The Morgan fingerprint density at radius 3 is 2.24 bits per heavy atom. The molecule has 0 atom stereocenters. The van der Waals surface area contributed by atoms with Crippen LogP contribution in [0, 0.1) is 20.8 Å². The molecule has 3 aromatic rings. The van der Waals surface area contributed by atoms with Gasteiger partial charge in [-0.25, -0.2) is 13.8 Å². The molecule has 6 nitrogen and oxygen atoms in total. The maximum atomic E-state index is 13.7. The summed E-state index contributed by atoms with van der Waals surface area (Å²) in [5, 5.41) is 3.98. The van der Waals surface area contributed by atoms with Crippen LogP contribution in [-0.4, -0.2) is 37.9 Å². The second-order valence-corrected chi connectivity index (χ2v) is 10.9. The number of rotatable bonds is 9. The fourth-order valence-electron chi connectivity index (χ4n) is 3.81. The Bertz CT molecular complexity index is 1250. The summed E-state index contributed by atoms with van der Waals surface area (Å²) in [5.41, 5.74) is 6.57. The van der Waals surface area contributed by atoms with Crippen molar-refractivity contribution in [3.8, 4) is 0 Å². The molecule has 0 spiro atoms. The molecule has 0 aliphatic heterocycles. The van der Waals surface area contributed by atoms with Gasteiger partial charge in [-0.3, -0.25) is 4.79 Å². The van der Waals surface area contributed by atoms with E-state index in [9.17, 15) is 13.2 Å². The van der Waals surface area contributed by atoms with Crippen molar-refractivity contribution in [2.45, 2.75) is 32.1 Å². The maximum Gasteiger partial charge on any atom is 0.255 e. The highest BCUT2D eigenvalue weighted by Crippen LogP contribution is 2.25. The normalized spacial score (nSPS) is 11.8. The predicted octanol–water partition coefficient (Wildman–Crippen LogP) is 4.76. The van der Waals surface area contributed by atoms with Gasteiger partial charge >= 0.3 is 0 Å². The molecule has 1 N–H and O–H groups in total. The Hall–Kier alpha value is -2.81. The van der Waals surface area contributed by atoms with Crippen LogP contribution in [0.5, 0.6) is 0 Å². The molecule has 0 saturated carbocycles. The van der Waals surface area contributed by atoms with E-state index in [0.29, 0.717) is 17.5 Å². The minimum atomic E-state index is -3.91. The monoisotopic (exact) mass is 541 g/mol. The first-order chi connectivity index (χ1) is 16.2. The van der Waals surface area contributed by atoms with Crippen molar-refractivity contribution in [3.63, 3.8) is 0 Å². The molecule has 8 heteroatoms. The number of hydrogen-bond acceptors (Lipinski definition) is 4. The Kier molecular flexibility index (Phi) is 8.77. The number of nitrogens with zero attached hydrogens (tertiary/aromatic N) is 2. The summed E-state index contributed by atoms with van der Waals surface area (Å²) in [4.78, 5) is 12.9. The molecule has 0 unspecified atom stereocenters. The van der Waals surface area contributed by atoms with Crippen molar-refractivity contribution >= 4 is 38.1 Å². The molecule has 0 saturated heterocycles. The average molecular weight is 542 g/mol. The van der Waals surface area contributed by atoms with Crippen molar-refractivity contribution in [1.82, 2.24) is 9.73 Å². The minimum absolute atomic E-state index is 0.170. The number of amides is 1. The van der Waals surface area contributed by atoms with Crippen LogP contribution in [0.15, 0.2) is 81.2 Å².